The first-order chi connectivity index (χ1) is 15.5. The number of benzene rings is 1. The molecule has 1 amide bonds. The first-order valence-corrected chi connectivity index (χ1v) is 11.1. The van der Waals surface area contributed by atoms with E-state index in [2.05, 4.69) is 10.5 Å². The lowest BCUT2D eigenvalue weighted by atomic mass is 10.1. The summed E-state index contributed by atoms with van der Waals surface area (Å²) in [5.41, 5.74) is 4.80. The monoisotopic (exact) mass is 435 g/mol. The van der Waals surface area contributed by atoms with Crippen molar-refractivity contribution in [2.75, 3.05) is 0 Å². The van der Waals surface area contributed by atoms with Crippen LogP contribution in [0.4, 0.5) is 0 Å². The van der Waals surface area contributed by atoms with Crippen LogP contribution < -0.4 is 15.6 Å². The molecule has 1 aliphatic rings. The Kier molecular flexibility index (Phi) is 6.44. The van der Waals surface area contributed by atoms with Crippen molar-refractivity contribution in [3.63, 3.8) is 0 Å². The number of pyridine rings is 1. The number of amides is 1. The van der Waals surface area contributed by atoms with Gasteiger partial charge in [0.25, 0.3) is 11.5 Å². The van der Waals surface area contributed by atoms with Gasteiger partial charge in [0.15, 0.2) is 0 Å². The fraction of sp³-hybridized carbons (Fsp3) is 0.400. The van der Waals surface area contributed by atoms with Gasteiger partial charge in [-0.3, -0.25) is 9.59 Å². The van der Waals surface area contributed by atoms with Crippen molar-refractivity contribution in [2.45, 2.75) is 66.2 Å². The van der Waals surface area contributed by atoms with Crippen LogP contribution in [-0.2, 0) is 26.1 Å². The van der Waals surface area contributed by atoms with Gasteiger partial charge in [0.05, 0.1) is 11.3 Å². The summed E-state index contributed by atoms with van der Waals surface area (Å²) in [4.78, 5) is 26.3. The highest BCUT2D eigenvalue weighted by Crippen LogP contribution is 2.27. The molecule has 3 aromatic rings. The van der Waals surface area contributed by atoms with E-state index in [1.165, 1.54) is 6.07 Å². The highest BCUT2D eigenvalue weighted by molar-refractivity contribution is 5.98. The second-order valence-electron chi connectivity index (χ2n) is 8.33. The lowest BCUT2D eigenvalue weighted by Gasteiger charge is -2.19. The molecule has 1 N–H and O–H groups in total. The van der Waals surface area contributed by atoms with E-state index in [0.29, 0.717) is 36.6 Å². The lowest BCUT2D eigenvalue weighted by molar-refractivity contribution is 0.0944. The average Bonchev–Trinajstić information content (AvgIpc) is 2.95. The Morgan fingerprint density at radius 2 is 2.00 bits per heavy atom. The summed E-state index contributed by atoms with van der Waals surface area (Å²) in [5, 5.41) is 6.99. The molecule has 0 spiro atoms. The van der Waals surface area contributed by atoms with E-state index in [9.17, 15) is 9.59 Å². The first kappa shape index (κ1) is 21.9. The van der Waals surface area contributed by atoms with Crippen molar-refractivity contribution in [3.8, 4) is 5.75 Å². The number of carbonyl (C=O) groups excluding carboxylic acids is 1. The topological polar surface area (TPSA) is 86.4 Å². The number of hydrogen-bond acceptors (Lipinski definition) is 5. The molecule has 168 valence electrons. The Morgan fingerprint density at radius 1 is 1.19 bits per heavy atom. The highest BCUT2D eigenvalue weighted by atomic mass is 16.5. The van der Waals surface area contributed by atoms with E-state index >= 15 is 0 Å². The highest BCUT2D eigenvalue weighted by Gasteiger charge is 2.24. The number of rotatable bonds is 6. The molecule has 32 heavy (non-hydrogen) atoms. The van der Waals surface area contributed by atoms with E-state index in [1.807, 2.05) is 45.0 Å². The van der Waals surface area contributed by atoms with Crippen LogP contribution in [0.15, 0.2) is 39.6 Å². The van der Waals surface area contributed by atoms with Gasteiger partial charge in [0.2, 0.25) is 0 Å². The SMILES string of the molecule is Cc1ccccc1CNC(=O)c1c(OCc2c(C)noc2C)cc(=O)n2c1CCCCC2. The van der Waals surface area contributed by atoms with Crippen molar-refractivity contribution < 1.29 is 14.1 Å². The Hall–Kier alpha value is -3.35. The standard InChI is InChI=1S/C25H29N3O4/c1-16-9-6-7-10-19(16)14-26-25(30)24-21-11-5-4-8-12-28(21)23(29)13-22(24)31-15-20-17(2)27-32-18(20)3/h6-7,9-10,13H,4-5,8,11-12,14-15H2,1-3H3,(H,26,30). The van der Waals surface area contributed by atoms with Crippen LogP contribution in [0.3, 0.4) is 0 Å². The zero-order chi connectivity index (χ0) is 22.7. The summed E-state index contributed by atoms with van der Waals surface area (Å²) in [7, 11) is 0. The Bertz CT molecular complexity index is 1170. The molecule has 7 nitrogen and oxygen atoms in total. The van der Waals surface area contributed by atoms with Crippen LogP contribution in [0.5, 0.6) is 5.75 Å². The van der Waals surface area contributed by atoms with Crippen LogP contribution in [0.25, 0.3) is 0 Å². The fourth-order valence-electron chi connectivity index (χ4n) is 4.20. The summed E-state index contributed by atoms with van der Waals surface area (Å²) in [6, 6.07) is 9.40. The number of aryl methyl sites for hydroxylation is 3. The van der Waals surface area contributed by atoms with E-state index in [1.54, 1.807) is 4.57 Å². The predicted octanol–water partition coefficient (Wildman–Crippen LogP) is 4.00. The summed E-state index contributed by atoms with van der Waals surface area (Å²) >= 11 is 0. The van der Waals surface area contributed by atoms with Gasteiger partial charge in [-0.15, -0.1) is 0 Å². The third-order valence-corrected chi connectivity index (χ3v) is 6.16. The smallest absolute Gasteiger partial charge is 0.257 e. The van der Waals surface area contributed by atoms with Gasteiger partial charge in [0.1, 0.15) is 23.7 Å². The lowest BCUT2D eigenvalue weighted by Crippen LogP contribution is -2.31. The van der Waals surface area contributed by atoms with Crippen LogP contribution in [-0.4, -0.2) is 15.6 Å². The van der Waals surface area contributed by atoms with Crippen molar-refractivity contribution in [1.82, 2.24) is 15.0 Å². The molecule has 0 saturated carbocycles. The number of ether oxygens (including phenoxy) is 1. The molecule has 0 atom stereocenters. The number of fused-ring (bicyclic) bond motifs is 1. The van der Waals surface area contributed by atoms with E-state index in [0.717, 1.165) is 47.3 Å². The summed E-state index contributed by atoms with van der Waals surface area (Å²) < 4.78 is 13.0. The number of carbonyl (C=O) groups is 1. The second kappa shape index (κ2) is 9.42. The molecule has 0 fully saturated rings. The van der Waals surface area contributed by atoms with E-state index in [-0.39, 0.29) is 18.1 Å². The molecular weight excluding hydrogens is 406 g/mol. The molecule has 1 aliphatic heterocycles. The Labute approximate surface area is 187 Å². The summed E-state index contributed by atoms with van der Waals surface area (Å²) in [6.45, 7) is 6.90. The molecule has 0 bridgehead atoms. The zero-order valence-electron chi connectivity index (χ0n) is 18.9. The molecule has 0 unspecified atom stereocenters. The van der Waals surface area contributed by atoms with Crippen LogP contribution >= 0.6 is 0 Å². The molecular formula is C25H29N3O4. The number of nitrogens with one attached hydrogen (secondary N) is 1. The van der Waals surface area contributed by atoms with Crippen LogP contribution in [0.2, 0.25) is 0 Å². The van der Waals surface area contributed by atoms with Crippen LogP contribution in [0, 0.1) is 20.8 Å². The maximum atomic E-state index is 13.4. The van der Waals surface area contributed by atoms with Gasteiger partial charge in [0, 0.05) is 24.8 Å². The summed E-state index contributed by atoms with van der Waals surface area (Å²) in [5.74, 6) is 0.748. The number of aromatic nitrogens is 2. The van der Waals surface area contributed by atoms with Gasteiger partial charge in [-0.05, 0) is 51.2 Å². The fourth-order valence-corrected chi connectivity index (χ4v) is 4.20. The third kappa shape index (κ3) is 4.47. The first-order valence-electron chi connectivity index (χ1n) is 11.1. The van der Waals surface area contributed by atoms with Crippen molar-refractivity contribution in [3.05, 3.63) is 80.1 Å². The second-order valence-corrected chi connectivity index (χ2v) is 8.33. The van der Waals surface area contributed by atoms with Crippen molar-refractivity contribution in [1.29, 1.82) is 0 Å². The van der Waals surface area contributed by atoms with Gasteiger partial charge in [-0.1, -0.05) is 35.8 Å². The van der Waals surface area contributed by atoms with Gasteiger partial charge in [-0.25, -0.2) is 0 Å². The quantitative estimate of drug-likeness (QED) is 0.633. The van der Waals surface area contributed by atoms with E-state index < -0.39 is 0 Å². The maximum Gasteiger partial charge on any atom is 0.257 e. The molecule has 2 aromatic heterocycles. The van der Waals surface area contributed by atoms with E-state index in [4.69, 9.17) is 9.26 Å². The average molecular weight is 436 g/mol. The van der Waals surface area contributed by atoms with Crippen molar-refractivity contribution >= 4 is 5.91 Å². The molecule has 0 aliphatic carbocycles. The normalized spacial score (nSPS) is 13.3. The minimum absolute atomic E-state index is 0.133. The van der Waals surface area contributed by atoms with Crippen molar-refractivity contribution in [2.24, 2.45) is 0 Å². The minimum atomic E-state index is -0.229. The number of hydrogen-bond donors (Lipinski definition) is 1. The Balaban J connectivity index is 1.68. The third-order valence-electron chi connectivity index (χ3n) is 6.16. The molecule has 7 heteroatoms. The summed E-state index contributed by atoms with van der Waals surface area (Å²) in [6.07, 6.45) is 3.56. The Morgan fingerprint density at radius 3 is 2.75 bits per heavy atom. The largest absolute Gasteiger partial charge is 0.488 e. The minimum Gasteiger partial charge on any atom is -0.488 e. The molecule has 0 radical (unpaired) electrons. The molecule has 0 saturated heterocycles. The molecule has 1 aromatic carbocycles. The van der Waals surface area contributed by atoms with Gasteiger partial charge < -0.3 is 19.1 Å². The zero-order valence-corrected chi connectivity index (χ0v) is 18.9. The predicted molar refractivity (Wildman–Crippen MR) is 121 cm³/mol. The van der Waals surface area contributed by atoms with Gasteiger partial charge >= 0.3 is 0 Å². The molecule has 4 rings (SSSR count). The van der Waals surface area contributed by atoms with Gasteiger partial charge in [-0.2, -0.15) is 0 Å². The molecule has 3 heterocycles. The van der Waals surface area contributed by atoms with Crippen LogP contribution in [0.1, 0.15) is 63.5 Å². The maximum absolute atomic E-state index is 13.4. The number of nitrogens with zero attached hydrogens (tertiary/aromatic N) is 2.